The number of rotatable bonds is 4. The molecule has 100 valence electrons. The average Bonchev–Trinajstić information content (AvgIpc) is 2.21. The molecule has 1 atom stereocenters. The van der Waals surface area contributed by atoms with Gasteiger partial charge in [0.25, 0.3) is 0 Å². The monoisotopic (exact) mass is 249 g/mol. The molecule has 0 bridgehead atoms. The van der Waals surface area contributed by atoms with Crippen LogP contribution < -0.4 is 5.73 Å². The highest BCUT2D eigenvalue weighted by Crippen LogP contribution is 2.21. The van der Waals surface area contributed by atoms with Crippen molar-refractivity contribution < 1.29 is 9.90 Å². The summed E-state index contributed by atoms with van der Waals surface area (Å²) in [4.78, 5) is 11.9. The number of Topliss-reactive ketones (excluding diaryl/α,β-unsaturated/α-hetero) is 1. The fraction of sp³-hybridized carbons (Fsp3) is 0.533. The highest BCUT2D eigenvalue weighted by Gasteiger charge is 2.21. The van der Waals surface area contributed by atoms with E-state index in [4.69, 9.17) is 5.73 Å². The summed E-state index contributed by atoms with van der Waals surface area (Å²) >= 11 is 0. The van der Waals surface area contributed by atoms with Gasteiger partial charge in [-0.15, -0.1) is 0 Å². The number of nitrogens with two attached hydrogens (primary N) is 1. The SMILES string of the molecule is Cc1cc(CC(N)C(=O)CC(C)(C)C)ccc1O. The largest absolute Gasteiger partial charge is 0.508 e. The van der Waals surface area contributed by atoms with E-state index < -0.39 is 6.04 Å². The Morgan fingerprint density at radius 3 is 2.50 bits per heavy atom. The molecule has 0 fully saturated rings. The molecule has 0 aromatic heterocycles. The lowest BCUT2D eigenvalue weighted by atomic mass is 9.86. The molecule has 0 amide bonds. The molecule has 3 N–H and O–H groups in total. The van der Waals surface area contributed by atoms with E-state index in [2.05, 4.69) is 0 Å². The van der Waals surface area contributed by atoms with Gasteiger partial charge in [-0.3, -0.25) is 4.79 Å². The van der Waals surface area contributed by atoms with Crippen LogP contribution in [0.4, 0.5) is 0 Å². The van der Waals surface area contributed by atoms with Crippen LogP contribution in [-0.2, 0) is 11.2 Å². The third kappa shape index (κ3) is 4.49. The van der Waals surface area contributed by atoms with Crippen LogP contribution in [0.3, 0.4) is 0 Å². The third-order valence-corrected chi connectivity index (χ3v) is 2.83. The van der Waals surface area contributed by atoms with E-state index in [0.29, 0.717) is 12.8 Å². The van der Waals surface area contributed by atoms with Gasteiger partial charge in [-0.1, -0.05) is 32.9 Å². The van der Waals surface area contributed by atoms with Gasteiger partial charge < -0.3 is 10.8 Å². The highest BCUT2D eigenvalue weighted by molar-refractivity contribution is 5.84. The number of ketones is 1. The molecule has 0 aliphatic rings. The van der Waals surface area contributed by atoms with Crippen LogP contribution >= 0.6 is 0 Å². The summed E-state index contributed by atoms with van der Waals surface area (Å²) in [6.45, 7) is 7.92. The molecule has 1 aromatic rings. The summed E-state index contributed by atoms with van der Waals surface area (Å²) in [5, 5.41) is 9.44. The number of hydrogen-bond acceptors (Lipinski definition) is 3. The first-order valence-corrected chi connectivity index (χ1v) is 6.26. The Kier molecular flexibility index (Phi) is 4.52. The first kappa shape index (κ1) is 14.7. The average molecular weight is 249 g/mol. The van der Waals surface area contributed by atoms with Crippen molar-refractivity contribution in [2.75, 3.05) is 0 Å². The van der Waals surface area contributed by atoms with E-state index >= 15 is 0 Å². The Morgan fingerprint density at radius 1 is 1.39 bits per heavy atom. The smallest absolute Gasteiger partial charge is 0.150 e. The lowest BCUT2D eigenvalue weighted by Crippen LogP contribution is -2.35. The summed E-state index contributed by atoms with van der Waals surface area (Å²) in [5.74, 6) is 0.363. The zero-order valence-electron chi connectivity index (χ0n) is 11.7. The molecule has 0 radical (unpaired) electrons. The number of benzene rings is 1. The normalized spacial score (nSPS) is 13.4. The number of aromatic hydroxyl groups is 1. The standard InChI is InChI=1S/C15H23NO2/c1-10-7-11(5-6-13(10)17)8-12(16)14(18)9-15(2,3)4/h5-7,12,17H,8-9,16H2,1-4H3. The summed E-state index contributed by atoms with van der Waals surface area (Å²) in [6.07, 6.45) is 1.02. The summed E-state index contributed by atoms with van der Waals surface area (Å²) in [5.41, 5.74) is 7.70. The van der Waals surface area contributed by atoms with Crippen molar-refractivity contribution in [2.24, 2.45) is 11.1 Å². The van der Waals surface area contributed by atoms with E-state index in [-0.39, 0.29) is 16.9 Å². The lowest BCUT2D eigenvalue weighted by Gasteiger charge is -2.20. The first-order chi connectivity index (χ1) is 8.19. The number of carbonyl (C=O) groups excluding carboxylic acids is 1. The predicted molar refractivity (Wildman–Crippen MR) is 73.6 cm³/mol. The lowest BCUT2D eigenvalue weighted by molar-refractivity contribution is -0.121. The highest BCUT2D eigenvalue weighted by atomic mass is 16.3. The van der Waals surface area contributed by atoms with Crippen LogP contribution in [-0.4, -0.2) is 16.9 Å². The van der Waals surface area contributed by atoms with Crippen molar-refractivity contribution >= 4 is 5.78 Å². The van der Waals surface area contributed by atoms with Crippen molar-refractivity contribution in [3.8, 4) is 5.75 Å². The number of carbonyl (C=O) groups is 1. The number of phenols is 1. The molecule has 1 unspecified atom stereocenters. The summed E-state index contributed by atoms with van der Waals surface area (Å²) in [7, 11) is 0. The Balaban J connectivity index is 2.66. The zero-order chi connectivity index (χ0) is 13.9. The summed E-state index contributed by atoms with van der Waals surface area (Å²) < 4.78 is 0. The molecule has 18 heavy (non-hydrogen) atoms. The minimum absolute atomic E-state index is 0.0282. The topological polar surface area (TPSA) is 63.3 Å². The van der Waals surface area contributed by atoms with Gasteiger partial charge in [0.05, 0.1) is 6.04 Å². The van der Waals surface area contributed by atoms with E-state index in [0.717, 1.165) is 11.1 Å². The quantitative estimate of drug-likeness (QED) is 0.862. The molecule has 1 rings (SSSR count). The van der Waals surface area contributed by atoms with E-state index in [1.54, 1.807) is 6.07 Å². The molecule has 0 saturated heterocycles. The molecule has 0 spiro atoms. The predicted octanol–water partition coefficient (Wildman–Crippen LogP) is 2.58. The van der Waals surface area contributed by atoms with Gasteiger partial charge >= 0.3 is 0 Å². The second kappa shape index (κ2) is 5.53. The van der Waals surface area contributed by atoms with Gasteiger partial charge in [0.1, 0.15) is 11.5 Å². The molecular weight excluding hydrogens is 226 g/mol. The third-order valence-electron chi connectivity index (χ3n) is 2.83. The van der Waals surface area contributed by atoms with Crippen LogP contribution in [0.1, 0.15) is 38.3 Å². The van der Waals surface area contributed by atoms with Crippen LogP contribution in [0.25, 0.3) is 0 Å². The van der Waals surface area contributed by atoms with Gasteiger partial charge in [-0.25, -0.2) is 0 Å². The van der Waals surface area contributed by atoms with Crippen molar-refractivity contribution in [1.82, 2.24) is 0 Å². The number of aryl methyl sites for hydroxylation is 1. The van der Waals surface area contributed by atoms with Gasteiger partial charge in [-0.2, -0.15) is 0 Å². The van der Waals surface area contributed by atoms with Gasteiger partial charge in [-0.05, 0) is 36.0 Å². The van der Waals surface area contributed by atoms with Crippen LogP contribution in [0, 0.1) is 12.3 Å². The summed E-state index contributed by atoms with van der Waals surface area (Å²) in [6, 6.07) is 4.87. The van der Waals surface area contributed by atoms with Crippen molar-refractivity contribution in [3.63, 3.8) is 0 Å². The molecule has 0 aliphatic carbocycles. The van der Waals surface area contributed by atoms with Gasteiger partial charge in [0.2, 0.25) is 0 Å². The maximum atomic E-state index is 11.9. The minimum atomic E-state index is -0.465. The number of hydrogen-bond donors (Lipinski definition) is 2. The zero-order valence-corrected chi connectivity index (χ0v) is 11.7. The van der Waals surface area contributed by atoms with E-state index in [1.165, 1.54) is 0 Å². The van der Waals surface area contributed by atoms with Crippen molar-refractivity contribution in [3.05, 3.63) is 29.3 Å². The molecule has 0 aliphatic heterocycles. The minimum Gasteiger partial charge on any atom is -0.508 e. The molecular formula is C15H23NO2. The second-order valence-electron chi connectivity index (χ2n) is 6.14. The van der Waals surface area contributed by atoms with E-state index in [1.807, 2.05) is 39.8 Å². The maximum absolute atomic E-state index is 11.9. The fourth-order valence-electron chi connectivity index (χ4n) is 1.87. The molecule has 3 nitrogen and oxygen atoms in total. The number of phenolic OH excluding ortho intramolecular Hbond substituents is 1. The van der Waals surface area contributed by atoms with Crippen LogP contribution in [0.15, 0.2) is 18.2 Å². The van der Waals surface area contributed by atoms with E-state index in [9.17, 15) is 9.90 Å². The Morgan fingerprint density at radius 2 is 2.00 bits per heavy atom. The van der Waals surface area contributed by atoms with Crippen LogP contribution in [0.5, 0.6) is 5.75 Å². The molecule has 0 saturated carbocycles. The Bertz CT molecular complexity index is 433. The maximum Gasteiger partial charge on any atom is 0.150 e. The van der Waals surface area contributed by atoms with Crippen LogP contribution in [0.2, 0.25) is 0 Å². The molecule has 1 aromatic carbocycles. The Hall–Kier alpha value is -1.35. The van der Waals surface area contributed by atoms with Gasteiger partial charge in [0.15, 0.2) is 0 Å². The first-order valence-electron chi connectivity index (χ1n) is 6.26. The second-order valence-corrected chi connectivity index (χ2v) is 6.14. The Labute approximate surface area is 109 Å². The molecule has 3 heteroatoms. The van der Waals surface area contributed by atoms with Gasteiger partial charge in [0, 0.05) is 6.42 Å². The fourth-order valence-corrected chi connectivity index (χ4v) is 1.87. The van der Waals surface area contributed by atoms with Crippen molar-refractivity contribution in [2.45, 2.75) is 46.6 Å². The molecule has 0 heterocycles. The van der Waals surface area contributed by atoms with Crippen molar-refractivity contribution in [1.29, 1.82) is 0 Å².